The van der Waals surface area contributed by atoms with Crippen molar-refractivity contribution in [3.05, 3.63) is 54.1 Å². The zero-order valence-electron chi connectivity index (χ0n) is 12.7. The molecule has 0 aromatic heterocycles. The molecule has 4 nitrogen and oxygen atoms in total. The zero-order chi connectivity index (χ0) is 15.7. The molecule has 0 aliphatic carbocycles. The number of benzene rings is 2. The zero-order valence-corrected chi connectivity index (χ0v) is 12.7. The molecule has 114 valence electrons. The van der Waals surface area contributed by atoms with E-state index in [2.05, 4.69) is 0 Å². The van der Waals surface area contributed by atoms with Gasteiger partial charge in [-0.05, 0) is 38.0 Å². The fourth-order valence-electron chi connectivity index (χ4n) is 2.66. The third-order valence-corrected chi connectivity index (χ3v) is 3.83. The molecule has 2 aromatic carbocycles. The molecular formula is C18H19NO3. The van der Waals surface area contributed by atoms with Crippen molar-refractivity contribution in [1.29, 1.82) is 0 Å². The third-order valence-electron chi connectivity index (χ3n) is 3.83. The number of ether oxygens (including phenoxy) is 1. The van der Waals surface area contributed by atoms with Crippen LogP contribution in [0.4, 0.5) is 5.69 Å². The summed E-state index contributed by atoms with van der Waals surface area (Å²) in [6, 6.07) is 14.9. The van der Waals surface area contributed by atoms with Gasteiger partial charge in [-0.1, -0.05) is 30.3 Å². The summed E-state index contributed by atoms with van der Waals surface area (Å²) in [5, 5.41) is 9.71. The summed E-state index contributed by atoms with van der Waals surface area (Å²) in [6.45, 7) is 4.08. The van der Waals surface area contributed by atoms with Crippen LogP contribution in [0, 0.1) is 0 Å². The highest BCUT2D eigenvalue weighted by molar-refractivity contribution is 6.02. The Labute approximate surface area is 130 Å². The van der Waals surface area contributed by atoms with Crippen molar-refractivity contribution < 1.29 is 14.6 Å². The van der Waals surface area contributed by atoms with Crippen LogP contribution < -0.4 is 9.64 Å². The topological polar surface area (TPSA) is 49.8 Å². The van der Waals surface area contributed by atoms with Crippen LogP contribution >= 0.6 is 0 Å². The Morgan fingerprint density at radius 1 is 1.14 bits per heavy atom. The summed E-state index contributed by atoms with van der Waals surface area (Å²) in [6.07, 6.45) is 0.748. The molecule has 1 N–H and O–H groups in total. The van der Waals surface area contributed by atoms with Crippen molar-refractivity contribution >= 4 is 11.6 Å². The number of fused-ring (bicyclic) bond motifs is 1. The molecule has 2 aromatic rings. The van der Waals surface area contributed by atoms with Crippen molar-refractivity contribution in [1.82, 2.24) is 0 Å². The second kappa shape index (κ2) is 5.37. The Hall–Kier alpha value is -2.49. The van der Waals surface area contributed by atoms with Crippen LogP contribution in [-0.4, -0.2) is 23.2 Å². The number of phenols is 1. The van der Waals surface area contributed by atoms with E-state index in [-0.39, 0.29) is 11.7 Å². The van der Waals surface area contributed by atoms with E-state index in [0.29, 0.717) is 18.0 Å². The Morgan fingerprint density at radius 3 is 2.59 bits per heavy atom. The van der Waals surface area contributed by atoms with Crippen LogP contribution in [0.1, 0.15) is 19.4 Å². The quantitative estimate of drug-likeness (QED) is 0.947. The van der Waals surface area contributed by atoms with Gasteiger partial charge in [0.1, 0.15) is 11.5 Å². The molecule has 3 rings (SSSR count). The standard InChI is InChI=1S/C18H19NO3/c1-18(2)17(21)19(11-10-13-6-4-3-5-7-13)15-12-14(20)8-9-16(15)22-18/h3-9,12,20H,10-11H2,1-2H3. The fourth-order valence-corrected chi connectivity index (χ4v) is 2.66. The Kier molecular flexibility index (Phi) is 3.53. The number of nitrogens with zero attached hydrogens (tertiary/aromatic N) is 1. The number of rotatable bonds is 3. The number of anilines is 1. The Bertz CT molecular complexity index is 695. The van der Waals surface area contributed by atoms with Crippen molar-refractivity contribution in [3.63, 3.8) is 0 Å². The minimum atomic E-state index is -0.902. The monoisotopic (exact) mass is 297 g/mol. The molecule has 0 atom stereocenters. The smallest absolute Gasteiger partial charge is 0.270 e. The number of aromatic hydroxyl groups is 1. The number of phenolic OH excluding ortho intramolecular Hbond substituents is 1. The summed E-state index contributed by atoms with van der Waals surface area (Å²) < 4.78 is 5.77. The van der Waals surface area contributed by atoms with Gasteiger partial charge in [0.15, 0.2) is 5.60 Å². The van der Waals surface area contributed by atoms with Crippen LogP contribution in [0.2, 0.25) is 0 Å². The maximum Gasteiger partial charge on any atom is 0.270 e. The summed E-state index contributed by atoms with van der Waals surface area (Å²) in [5.41, 5.74) is 0.891. The molecule has 0 spiro atoms. The van der Waals surface area contributed by atoms with Crippen LogP contribution in [-0.2, 0) is 11.2 Å². The van der Waals surface area contributed by atoms with Crippen LogP contribution in [0.3, 0.4) is 0 Å². The first-order chi connectivity index (χ1) is 10.5. The van der Waals surface area contributed by atoms with Gasteiger partial charge in [-0.2, -0.15) is 0 Å². The summed E-state index contributed by atoms with van der Waals surface area (Å²) in [7, 11) is 0. The van der Waals surface area contributed by atoms with Gasteiger partial charge < -0.3 is 14.7 Å². The van der Waals surface area contributed by atoms with Gasteiger partial charge in [0.2, 0.25) is 0 Å². The SMILES string of the molecule is CC1(C)Oc2ccc(O)cc2N(CCc2ccccc2)C1=O. The molecule has 0 saturated carbocycles. The van der Waals surface area contributed by atoms with E-state index >= 15 is 0 Å². The number of hydrogen-bond donors (Lipinski definition) is 1. The minimum Gasteiger partial charge on any atom is -0.508 e. The van der Waals surface area contributed by atoms with Gasteiger partial charge in [-0.15, -0.1) is 0 Å². The number of hydrogen-bond acceptors (Lipinski definition) is 3. The van der Waals surface area contributed by atoms with Gasteiger partial charge in [-0.3, -0.25) is 4.79 Å². The first-order valence-electron chi connectivity index (χ1n) is 7.35. The normalized spacial score (nSPS) is 16.1. The van der Waals surface area contributed by atoms with Gasteiger partial charge >= 0.3 is 0 Å². The first-order valence-corrected chi connectivity index (χ1v) is 7.35. The highest BCUT2D eigenvalue weighted by Crippen LogP contribution is 2.39. The van der Waals surface area contributed by atoms with Crippen molar-refractivity contribution in [2.45, 2.75) is 25.9 Å². The number of amides is 1. The molecule has 1 heterocycles. The number of carbonyl (C=O) groups is 1. The van der Waals surface area contributed by atoms with E-state index < -0.39 is 5.60 Å². The van der Waals surface area contributed by atoms with Crippen LogP contribution in [0.15, 0.2) is 48.5 Å². The summed E-state index contributed by atoms with van der Waals surface area (Å²) in [4.78, 5) is 14.4. The molecule has 0 fully saturated rings. The summed E-state index contributed by atoms with van der Waals surface area (Å²) in [5.74, 6) is 0.650. The lowest BCUT2D eigenvalue weighted by Crippen LogP contribution is -2.53. The first kappa shape index (κ1) is 14.4. The average molecular weight is 297 g/mol. The molecule has 1 aliphatic rings. The molecule has 1 amide bonds. The predicted octanol–water partition coefficient (Wildman–Crippen LogP) is 3.14. The molecule has 0 bridgehead atoms. The van der Waals surface area contributed by atoms with Crippen molar-refractivity contribution in [3.8, 4) is 11.5 Å². The average Bonchev–Trinajstić information content (AvgIpc) is 2.49. The van der Waals surface area contributed by atoms with E-state index in [1.54, 1.807) is 36.9 Å². The van der Waals surface area contributed by atoms with Gasteiger partial charge in [-0.25, -0.2) is 0 Å². The maximum atomic E-state index is 12.7. The molecule has 0 unspecified atom stereocenters. The lowest BCUT2D eigenvalue weighted by atomic mass is 10.0. The maximum absolute atomic E-state index is 12.7. The second-order valence-electron chi connectivity index (χ2n) is 5.96. The number of carbonyl (C=O) groups excluding carboxylic acids is 1. The predicted molar refractivity (Wildman–Crippen MR) is 85.3 cm³/mol. The van der Waals surface area contributed by atoms with Crippen LogP contribution in [0.25, 0.3) is 0 Å². The van der Waals surface area contributed by atoms with E-state index in [4.69, 9.17) is 4.74 Å². The van der Waals surface area contributed by atoms with Crippen molar-refractivity contribution in [2.24, 2.45) is 0 Å². The molecule has 0 radical (unpaired) electrons. The molecular weight excluding hydrogens is 278 g/mol. The summed E-state index contributed by atoms with van der Waals surface area (Å²) >= 11 is 0. The lowest BCUT2D eigenvalue weighted by Gasteiger charge is -2.38. The Balaban J connectivity index is 1.91. The van der Waals surface area contributed by atoms with Gasteiger partial charge in [0.05, 0.1) is 5.69 Å². The molecule has 4 heteroatoms. The minimum absolute atomic E-state index is 0.0958. The van der Waals surface area contributed by atoms with E-state index in [9.17, 15) is 9.90 Å². The fraction of sp³-hybridized carbons (Fsp3) is 0.278. The van der Waals surface area contributed by atoms with E-state index in [1.807, 2.05) is 30.3 Å². The van der Waals surface area contributed by atoms with Gasteiger partial charge in [0.25, 0.3) is 5.91 Å². The largest absolute Gasteiger partial charge is 0.508 e. The van der Waals surface area contributed by atoms with E-state index in [0.717, 1.165) is 6.42 Å². The van der Waals surface area contributed by atoms with Crippen LogP contribution in [0.5, 0.6) is 11.5 Å². The van der Waals surface area contributed by atoms with E-state index in [1.165, 1.54) is 5.56 Å². The molecule has 22 heavy (non-hydrogen) atoms. The second-order valence-corrected chi connectivity index (χ2v) is 5.96. The van der Waals surface area contributed by atoms with Gasteiger partial charge in [0, 0.05) is 12.6 Å². The third kappa shape index (κ3) is 2.64. The highest BCUT2D eigenvalue weighted by atomic mass is 16.5. The molecule has 0 saturated heterocycles. The van der Waals surface area contributed by atoms with Crippen molar-refractivity contribution in [2.75, 3.05) is 11.4 Å². The highest BCUT2D eigenvalue weighted by Gasteiger charge is 2.40. The molecule has 1 aliphatic heterocycles. The Morgan fingerprint density at radius 2 is 1.86 bits per heavy atom. The lowest BCUT2D eigenvalue weighted by molar-refractivity contribution is -0.132.